The number of esters is 1. The summed E-state index contributed by atoms with van der Waals surface area (Å²) in [6, 6.07) is 18.1. The summed E-state index contributed by atoms with van der Waals surface area (Å²) in [4.78, 5) is 19.1. The van der Waals surface area contributed by atoms with E-state index < -0.39 is 0 Å². The second-order valence-electron chi connectivity index (χ2n) is 8.93. The average Bonchev–Trinajstić information content (AvgIpc) is 2.84. The highest BCUT2D eigenvalue weighted by Gasteiger charge is 2.35. The lowest BCUT2D eigenvalue weighted by Gasteiger charge is -2.47. The van der Waals surface area contributed by atoms with E-state index in [1.54, 1.807) is 6.07 Å². The smallest absolute Gasteiger partial charge is 0.305 e. The van der Waals surface area contributed by atoms with Gasteiger partial charge in [-0.15, -0.1) is 0 Å². The topological polar surface area (TPSA) is 36.0 Å². The van der Waals surface area contributed by atoms with E-state index in [0.29, 0.717) is 24.1 Å². The molecule has 2 aromatic rings. The van der Waals surface area contributed by atoms with E-state index in [2.05, 4.69) is 45.0 Å². The van der Waals surface area contributed by atoms with Gasteiger partial charge < -0.3 is 9.64 Å². The molecule has 0 amide bonds. The number of nitrogens with zero attached hydrogens (tertiary/aromatic N) is 3. The lowest BCUT2D eigenvalue weighted by Crippen LogP contribution is -2.56. The van der Waals surface area contributed by atoms with Crippen molar-refractivity contribution >= 4 is 11.7 Å². The third-order valence-electron chi connectivity index (χ3n) is 6.95. The van der Waals surface area contributed by atoms with Crippen LogP contribution in [0.15, 0.2) is 54.6 Å². The van der Waals surface area contributed by atoms with Gasteiger partial charge in [0.25, 0.3) is 0 Å². The van der Waals surface area contributed by atoms with Gasteiger partial charge >= 0.3 is 5.97 Å². The molecule has 0 bridgehead atoms. The highest BCUT2D eigenvalue weighted by Crippen LogP contribution is 2.29. The first kappa shape index (κ1) is 22.7. The molecule has 2 heterocycles. The summed E-state index contributed by atoms with van der Waals surface area (Å²) >= 11 is 0. The van der Waals surface area contributed by atoms with Crippen molar-refractivity contribution in [3.05, 3.63) is 66.0 Å². The minimum absolute atomic E-state index is 0.131. The summed E-state index contributed by atoms with van der Waals surface area (Å²) in [6.45, 7) is 6.50. The minimum atomic E-state index is -0.147. The first-order valence-electron chi connectivity index (χ1n) is 11.7. The van der Waals surface area contributed by atoms with Crippen molar-refractivity contribution in [2.24, 2.45) is 5.92 Å². The quantitative estimate of drug-likeness (QED) is 0.614. The number of piperazine rings is 1. The SMILES string of the molecule is COC(=O)CC[C@@H]1CN(Cc2ccccc2)CC[C@@H]1N1CCN(c2ccccc2F)CC1. The number of hydrogen-bond donors (Lipinski definition) is 0. The summed E-state index contributed by atoms with van der Waals surface area (Å²) in [6.07, 6.45) is 2.40. The first-order chi connectivity index (χ1) is 15.6. The molecule has 0 aliphatic carbocycles. The Hall–Kier alpha value is -2.44. The van der Waals surface area contributed by atoms with Gasteiger partial charge in [-0.25, -0.2) is 4.39 Å². The number of ether oxygens (including phenoxy) is 1. The minimum Gasteiger partial charge on any atom is -0.469 e. The van der Waals surface area contributed by atoms with Crippen LogP contribution in [0.5, 0.6) is 0 Å². The molecular formula is C26H34FN3O2. The van der Waals surface area contributed by atoms with Crippen molar-refractivity contribution in [2.45, 2.75) is 31.8 Å². The maximum Gasteiger partial charge on any atom is 0.305 e. The lowest BCUT2D eigenvalue weighted by molar-refractivity contribution is -0.141. The first-order valence-corrected chi connectivity index (χ1v) is 11.7. The fourth-order valence-electron chi connectivity index (χ4n) is 5.25. The van der Waals surface area contributed by atoms with E-state index in [9.17, 15) is 9.18 Å². The van der Waals surface area contributed by atoms with Crippen LogP contribution in [-0.2, 0) is 16.1 Å². The highest BCUT2D eigenvalue weighted by molar-refractivity contribution is 5.69. The molecule has 0 spiro atoms. The molecule has 2 atom stereocenters. The summed E-state index contributed by atoms with van der Waals surface area (Å²) < 4.78 is 19.1. The molecule has 2 saturated heterocycles. The van der Waals surface area contributed by atoms with Crippen molar-refractivity contribution < 1.29 is 13.9 Å². The number of rotatable bonds is 7. The maximum absolute atomic E-state index is 14.2. The lowest BCUT2D eigenvalue weighted by atomic mass is 9.86. The molecule has 2 fully saturated rings. The van der Waals surface area contributed by atoms with Crippen LogP contribution in [0, 0.1) is 11.7 Å². The molecule has 5 nitrogen and oxygen atoms in total. The summed E-state index contributed by atoms with van der Waals surface area (Å²) in [5.41, 5.74) is 2.03. The van der Waals surface area contributed by atoms with Crippen molar-refractivity contribution in [3.8, 4) is 0 Å². The number of methoxy groups -OCH3 is 1. The zero-order chi connectivity index (χ0) is 22.3. The molecular weight excluding hydrogens is 405 g/mol. The summed E-state index contributed by atoms with van der Waals surface area (Å²) in [5, 5.41) is 0. The fraction of sp³-hybridized carbons (Fsp3) is 0.500. The van der Waals surface area contributed by atoms with E-state index in [0.717, 1.165) is 58.7 Å². The maximum atomic E-state index is 14.2. The number of hydrogen-bond acceptors (Lipinski definition) is 5. The van der Waals surface area contributed by atoms with Crippen LogP contribution in [0.25, 0.3) is 0 Å². The molecule has 32 heavy (non-hydrogen) atoms. The molecule has 2 aromatic carbocycles. The fourth-order valence-corrected chi connectivity index (χ4v) is 5.25. The van der Waals surface area contributed by atoms with Gasteiger partial charge in [-0.05, 0) is 43.0 Å². The van der Waals surface area contributed by atoms with E-state index in [-0.39, 0.29) is 11.8 Å². The monoisotopic (exact) mass is 439 g/mol. The molecule has 0 unspecified atom stereocenters. The van der Waals surface area contributed by atoms with E-state index >= 15 is 0 Å². The number of carbonyl (C=O) groups is 1. The van der Waals surface area contributed by atoms with Crippen molar-refractivity contribution in [1.29, 1.82) is 0 Å². The second-order valence-corrected chi connectivity index (χ2v) is 8.93. The Balaban J connectivity index is 1.38. The molecule has 0 N–H and O–H groups in total. The van der Waals surface area contributed by atoms with Gasteiger partial charge in [0, 0.05) is 51.7 Å². The van der Waals surface area contributed by atoms with Crippen molar-refractivity contribution in [3.63, 3.8) is 0 Å². The van der Waals surface area contributed by atoms with Gasteiger partial charge in [0.2, 0.25) is 0 Å². The number of anilines is 1. The highest BCUT2D eigenvalue weighted by atomic mass is 19.1. The standard InChI is InChI=1S/C26H34FN3O2/c1-32-26(31)12-11-22-20-28(19-21-7-3-2-4-8-21)14-13-24(22)29-15-17-30(18-16-29)25-10-6-5-9-23(25)27/h2-10,22,24H,11-20H2,1H3/t22-,24+/m1/s1. The molecule has 0 aromatic heterocycles. The molecule has 0 radical (unpaired) electrons. The number of piperidine rings is 1. The predicted octanol–water partition coefficient (Wildman–Crippen LogP) is 3.79. The van der Waals surface area contributed by atoms with Crippen LogP contribution in [0.1, 0.15) is 24.8 Å². The Morgan fingerprint density at radius 3 is 2.44 bits per heavy atom. The number of carbonyl (C=O) groups excluding carboxylic acids is 1. The number of para-hydroxylation sites is 1. The summed E-state index contributed by atoms with van der Waals surface area (Å²) in [7, 11) is 1.46. The van der Waals surface area contributed by atoms with Crippen LogP contribution in [0.4, 0.5) is 10.1 Å². The Bertz CT molecular complexity index is 870. The average molecular weight is 440 g/mol. The molecule has 2 aliphatic rings. The van der Waals surface area contributed by atoms with Gasteiger partial charge in [-0.2, -0.15) is 0 Å². The molecule has 4 rings (SSSR count). The van der Waals surface area contributed by atoms with Gasteiger partial charge in [-0.1, -0.05) is 42.5 Å². The Morgan fingerprint density at radius 1 is 1.00 bits per heavy atom. The molecule has 0 saturated carbocycles. The molecule has 172 valence electrons. The number of halogens is 1. The normalized spacial score (nSPS) is 22.6. The van der Waals surface area contributed by atoms with Crippen LogP contribution in [0.2, 0.25) is 0 Å². The van der Waals surface area contributed by atoms with E-state index in [1.165, 1.54) is 18.7 Å². The summed E-state index contributed by atoms with van der Waals surface area (Å²) in [5.74, 6) is 0.144. The van der Waals surface area contributed by atoms with Crippen LogP contribution < -0.4 is 4.90 Å². The van der Waals surface area contributed by atoms with Gasteiger partial charge in [0.1, 0.15) is 5.82 Å². The molecule has 2 aliphatic heterocycles. The van der Waals surface area contributed by atoms with E-state index in [4.69, 9.17) is 4.74 Å². The van der Waals surface area contributed by atoms with Crippen molar-refractivity contribution in [1.82, 2.24) is 9.80 Å². The van der Waals surface area contributed by atoms with Crippen molar-refractivity contribution in [2.75, 3.05) is 51.3 Å². The molecule has 6 heteroatoms. The van der Waals surface area contributed by atoms with Crippen LogP contribution >= 0.6 is 0 Å². The number of benzene rings is 2. The van der Waals surface area contributed by atoms with Gasteiger partial charge in [-0.3, -0.25) is 14.6 Å². The Kier molecular flexibility index (Phi) is 7.76. The Morgan fingerprint density at radius 2 is 1.72 bits per heavy atom. The zero-order valence-corrected chi connectivity index (χ0v) is 19.0. The number of likely N-dealkylation sites (tertiary alicyclic amines) is 1. The van der Waals surface area contributed by atoms with Gasteiger partial charge in [0.15, 0.2) is 0 Å². The Labute approximate surface area is 190 Å². The largest absolute Gasteiger partial charge is 0.469 e. The van der Waals surface area contributed by atoms with Gasteiger partial charge in [0.05, 0.1) is 12.8 Å². The van der Waals surface area contributed by atoms with Crippen LogP contribution in [0.3, 0.4) is 0 Å². The predicted molar refractivity (Wildman–Crippen MR) is 125 cm³/mol. The second kappa shape index (κ2) is 10.9. The third-order valence-corrected chi connectivity index (χ3v) is 6.95. The van der Waals surface area contributed by atoms with Crippen LogP contribution in [-0.4, -0.2) is 68.2 Å². The third kappa shape index (κ3) is 5.67. The zero-order valence-electron chi connectivity index (χ0n) is 19.0. The van der Waals surface area contributed by atoms with E-state index in [1.807, 2.05) is 12.1 Å².